The highest BCUT2D eigenvalue weighted by Gasteiger charge is 2.25. The average molecular weight is 256 g/mol. The van der Waals surface area contributed by atoms with Crippen molar-refractivity contribution in [1.29, 1.82) is 0 Å². The van der Waals surface area contributed by atoms with Crippen LogP contribution in [-0.4, -0.2) is 49.6 Å². The van der Waals surface area contributed by atoms with Gasteiger partial charge in [0, 0.05) is 12.5 Å². The molecule has 104 valence electrons. The molecule has 1 aliphatic rings. The smallest absolute Gasteiger partial charge is 0.320 e. The van der Waals surface area contributed by atoms with Crippen LogP contribution in [0.5, 0.6) is 0 Å². The number of carbonyl (C=O) groups excluding carboxylic acids is 2. The summed E-state index contributed by atoms with van der Waals surface area (Å²) in [4.78, 5) is 25.1. The van der Waals surface area contributed by atoms with Gasteiger partial charge in [-0.2, -0.15) is 0 Å². The molecular formula is C13H24N2O3. The summed E-state index contributed by atoms with van der Waals surface area (Å²) >= 11 is 0. The second-order valence-corrected chi connectivity index (χ2v) is 4.65. The molecule has 1 aliphatic heterocycles. The standard InChI is InChI=1S/C13H24N2O3/c1-3-7-14-13(17)11-5-8-15(9-6-11)10-12(16)18-4-2/h11H,3-10H2,1-2H3,(H,14,17). The molecule has 1 N–H and O–H groups in total. The number of piperidine rings is 1. The van der Waals surface area contributed by atoms with Gasteiger partial charge in [0.15, 0.2) is 0 Å². The SMILES string of the molecule is CCCNC(=O)C1CCN(CC(=O)OCC)CC1. The van der Waals surface area contributed by atoms with Crippen molar-refractivity contribution in [3.05, 3.63) is 0 Å². The first-order valence-electron chi connectivity index (χ1n) is 6.83. The van der Waals surface area contributed by atoms with Crippen molar-refractivity contribution < 1.29 is 14.3 Å². The Morgan fingerprint density at radius 1 is 1.28 bits per heavy atom. The molecule has 5 heteroatoms. The molecule has 5 nitrogen and oxygen atoms in total. The van der Waals surface area contributed by atoms with Gasteiger partial charge in [0.25, 0.3) is 0 Å². The predicted octanol–water partition coefficient (Wildman–Crippen LogP) is 0.788. The minimum absolute atomic E-state index is 0.106. The molecule has 0 bridgehead atoms. The fraction of sp³-hybridized carbons (Fsp3) is 0.846. The van der Waals surface area contributed by atoms with Crippen LogP contribution < -0.4 is 5.32 Å². The third-order valence-corrected chi connectivity index (χ3v) is 3.17. The van der Waals surface area contributed by atoms with Crippen molar-refractivity contribution in [3.8, 4) is 0 Å². The van der Waals surface area contributed by atoms with Crippen molar-refractivity contribution in [1.82, 2.24) is 10.2 Å². The maximum Gasteiger partial charge on any atom is 0.320 e. The van der Waals surface area contributed by atoms with Crippen LogP contribution in [0, 0.1) is 5.92 Å². The Bertz CT molecular complexity index is 273. The van der Waals surface area contributed by atoms with E-state index in [-0.39, 0.29) is 17.8 Å². The number of rotatable bonds is 6. The van der Waals surface area contributed by atoms with Crippen LogP contribution in [0.25, 0.3) is 0 Å². The van der Waals surface area contributed by atoms with E-state index >= 15 is 0 Å². The second-order valence-electron chi connectivity index (χ2n) is 4.65. The Labute approximate surface area is 109 Å². The number of hydrogen-bond acceptors (Lipinski definition) is 4. The summed E-state index contributed by atoms with van der Waals surface area (Å²) < 4.78 is 4.91. The second kappa shape index (κ2) is 8.08. The fourth-order valence-corrected chi connectivity index (χ4v) is 2.14. The molecule has 1 saturated heterocycles. The Morgan fingerprint density at radius 3 is 2.50 bits per heavy atom. The van der Waals surface area contributed by atoms with E-state index in [1.807, 2.05) is 13.8 Å². The number of amides is 1. The lowest BCUT2D eigenvalue weighted by Crippen LogP contribution is -2.42. The van der Waals surface area contributed by atoms with Crippen LogP contribution in [0.4, 0.5) is 0 Å². The number of nitrogens with one attached hydrogen (secondary N) is 1. The van der Waals surface area contributed by atoms with Crippen LogP contribution in [-0.2, 0) is 14.3 Å². The Kier molecular flexibility index (Phi) is 6.72. The number of ether oxygens (including phenoxy) is 1. The summed E-state index contributed by atoms with van der Waals surface area (Å²) in [5, 5.41) is 2.93. The monoisotopic (exact) mass is 256 g/mol. The van der Waals surface area contributed by atoms with Gasteiger partial charge in [0.1, 0.15) is 0 Å². The van der Waals surface area contributed by atoms with Crippen molar-refractivity contribution in [2.45, 2.75) is 33.1 Å². The van der Waals surface area contributed by atoms with Crippen LogP contribution in [0.2, 0.25) is 0 Å². The molecule has 18 heavy (non-hydrogen) atoms. The van der Waals surface area contributed by atoms with Crippen LogP contribution in [0.3, 0.4) is 0 Å². The molecular weight excluding hydrogens is 232 g/mol. The third kappa shape index (κ3) is 5.04. The van der Waals surface area contributed by atoms with E-state index in [0.717, 1.165) is 38.9 Å². The number of carbonyl (C=O) groups is 2. The van der Waals surface area contributed by atoms with Gasteiger partial charge in [-0.3, -0.25) is 14.5 Å². The summed E-state index contributed by atoms with van der Waals surface area (Å²) in [6.45, 7) is 6.96. The van der Waals surface area contributed by atoms with Crippen LogP contribution in [0.1, 0.15) is 33.1 Å². The first-order chi connectivity index (χ1) is 8.67. The highest BCUT2D eigenvalue weighted by atomic mass is 16.5. The van der Waals surface area contributed by atoms with E-state index in [4.69, 9.17) is 4.74 Å². The Balaban J connectivity index is 2.23. The molecule has 0 radical (unpaired) electrons. The summed E-state index contributed by atoms with van der Waals surface area (Å²) in [5.74, 6) is 0.0917. The number of esters is 1. The summed E-state index contributed by atoms with van der Waals surface area (Å²) in [6.07, 6.45) is 2.62. The minimum atomic E-state index is -0.175. The topological polar surface area (TPSA) is 58.6 Å². The van der Waals surface area contributed by atoms with Gasteiger partial charge in [-0.05, 0) is 39.3 Å². The van der Waals surface area contributed by atoms with Gasteiger partial charge in [0.2, 0.25) is 5.91 Å². The fourth-order valence-electron chi connectivity index (χ4n) is 2.14. The maximum absolute atomic E-state index is 11.8. The summed E-state index contributed by atoms with van der Waals surface area (Å²) in [6, 6.07) is 0. The van der Waals surface area contributed by atoms with E-state index < -0.39 is 0 Å². The zero-order valence-electron chi connectivity index (χ0n) is 11.4. The summed E-state index contributed by atoms with van der Waals surface area (Å²) in [7, 11) is 0. The lowest BCUT2D eigenvalue weighted by molar-refractivity contribution is -0.144. The molecule has 0 unspecified atom stereocenters. The molecule has 0 aromatic heterocycles. The van der Waals surface area contributed by atoms with Crippen molar-refractivity contribution in [2.75, 3.05) is 32.8 Å². The zero-order valence-corrected chi connectivity index (χ0v) is 11.4. The van der Waals surface area contributed by atoms with Gasteiger partial charge < -0.3 is 10.1 Å². The normalized spacial score (nSPS) is 17.4. The lowest BCUT2D eigenvalue weighted by atomic mass is 9.96. The molecule has 1 fully saturated rings. The zero-order chi connectivity index (χ0) is 13.4. The molecule has 0 atom stereocenters. The number of hydrogen-bond donors (Lipinski definition) is 1. The van der Waals surface area contributed by atoms with E-state index in [0.29, 0.717) is 13.2 Å². The average Bonchev–Trinajstić information content (AvgIpc) is 2.37. The van der Waals surface area contributed by atoms with E-state index in [9.17, 15) is 9.59 Å². The molecule has 0 aliphatic carbocycles. The maximum atomic E-state index is 11.8. The molecule has 0 saturated carbocycles. The predicted molar refractivity (Wildman–Crippen MR) is 69.1 cm³/mol. The Hall–Kier alpha value is -1.10. The lowest BCUT2D eigenvalue weighted by Gasteiger charge is -2.30. The van der Waals surface area contributed by atoms with Crippen molar-refractivity contribution in [2.24, 2.45) is 5.92 Å². The third-order valence-electron chi connectivity index (χ3n) is 3.17. The van der Waals surface area contributed by atoms with Crippen molar-refractivity contribution >= 4 is 11.9 Å². The van der Waals surface area contributed by atoms with Gasteiger partial charge in [-0.25, -0.2) is 0 Å². The number of nitrogens with zero attached hydrogens (tertiary/aromatic N) is 1. The van der Waals surface area contributed by atoms with Crippen molar-refractivity contribution in [3.63, 3.8) is 0 Å². The summed E-state index contributed by atoms with van der Waals surface area (Å²) in [5.41, 5.74) is 0. The highest BCUT2D eigenvalue weighted by Crippen LogP contribution is 2.17. The van der Waals surface area contributed by atoms with Gasteiger partial charge in [-0.1, -0.05) is 6.92 Å². The highest BCUT2D eigenvalue weighted by molar-refractivity contribution is 5.78. The van der Waals surface area contributed by atoms with E-state index in [1.165, 1.54) is 0 Å². The van der Waals surface area contributed by atoms with Crippen LogP contribution >= 0.6 is 0 Å². The molecule has 1 heterocycles. The van der Waals surface area contributed by atoms with Gasteiger partial charge in [-0.15, -0.1) is 0 Å². The first kappa shape index (κ1) is 15.0. The molecule has 1 rings (SSSR count). The molecule has 0 aromatic rings. The van der Waals surface area contributed by atoms with E-state index in [1.54, 1.807) is 0 Å². The molecule has 0 aromatic carbocycles. The van der Waals surface area contributed by atoms with Gasteiger partial charge in [0.05, 0.1) is 13.2 Å². The Morgan fingerprint density at radius 2 is 1.94 bits per heavy atom. The van der Waals surface area contributed by atoms with Gasteiger partial charge >= 0.3 is 5.97 Å². The number of likely N-dealkylation sites (tertiary alicyclic amines) is 1. The quantitative estimate of drug-likeness (QED) is 0.714. The largest absolute Gasteiger partial charge is 0.465 e. The molecule has 1 amide bonds. The van der Waals surface area contributed by atoms with E-state index in [2.05, 4.69) is 10.2 Å². The molecule has 0 spiro atoms. The minimum Gasteiger partial charge on any atom is -0.465 e. The first-order valence-corrected chi connectivity index (χ1v) is 6.83. The van der Waals surface area contributed by atoms with Crippen LogP contribution in [0.15, 0.2) is 0 Å².